The van der Waals surface area contributed by atoms with Crippen LogP contribution in [0.2, 0.25) is 10.0 Å². The van der Waals surface area contributed by atoms with Crippen LogP contribution in [-0.4, -0.2) is 34.2 Å². The molecule has 0 radical (unpaired) electrons. The first-order valence-electron chi connectivity index (χ1n) is 6.65. The third-order valence-electron chi connectivity index (χ3n) is 2.84. The lowest BCUT2D eigenvalue weighted by Crippen LogP contribution is -2.39. The smallest absolute Gasteiger partial charge is 0.266 e. The first-order valence-corrected chi connectivity index (χ1v) is 8.63. The minimum atomic E-state index is -0.495. The molecule has 1 aromatic carbocycles. The number of hydroxylamine groups is 1. The van der Waals surface area contributed by atoms with E-state index in [0.717, 1.165) is 11.8 Å². The zero-order valence-corrected chi connectivity index (χ0v) is 15.4. The number of nitrogens with zero attached hydrogens (tertiary/aromatic N) is 1. The Bertz CT molecular complexity index is 717. The Labute approximate surface area is 158 Å². The van der Waals surface area contributed by atoms with Crippen molar-refractivity contribution < 1.29 is 14.4 Å². The lowest BCUT2D eigenvalue weighted by molar-refractivity contribution is -0.136. The number of hydrogen-bond acceptors (Lipinski definition) is 5. The molecule has 1 fully saturated rings. The summed E-state index contributed by atoms with van der Waals surface area (Å²) >= 11 is 18.4. The van der Waals surface area contributed by atoms with Crippen LogP contribution in [0.3, 0.4) is 0 Å². The van der Waals surface area contributed by atoms with Crippen LogP contribution in [0.15, 0.2) is 35.8 Å². The van der Waals surface area contributed by atoms with Crippen LogP contribution in [-0.2, 0) is 14.4 Å². The summed E-state index contributed by atoms with van der Waals surface area (Å²) in [6, 6.07) is 5.05. The second-order valence-electron chi connectivity index (χ2n) is 4.53. The molecule has 5 nitrogen and oxygen atoms in total. The summed E-state index contributed by atoms with van der Waals surface area (Å²) in [6.45, 7) is 3.38. The van der Waals surface area contributed by atoms with Crippen molar-refractivity contribution in [1.82, 2.24) is 10.4 Å². The molecule has 0 atom stereocenters. The van der Waals surface area contributed by atoms with Crippen molar-refractivity contribution in [3.8, 4) is 0 Å². The fraction of sp³-hybridized carbons (Fsp3) is 0.133. The van der Waals surface area contributed by atoms with E-state index in [2.05, 4.69) is 12.1 Å². The highest BCUT2D eigenvalue weighted by Crippen LogP contribution is 2.35. The Morgan fingerprint density at radius 1 is 1.42 bits per heavy atom. The first kappa shape index (κ1) is 19.0. The van der Waals surface area contributed by atoms with Crippen LogP contribution in [0.1, 0.15) is 5.56 Å². The second-order valence-corrected chi connectivity index (χ2v) is 7.02. The molecule has 0 unspecified atom stereocenters. The summed E-state index contributed by atoms with van der Waals surface area (Å²) in [6.07, 6.45) is 3.05. The fourth-order valence-electron chi connectivity index (χ4n) is 1.77. The number of nitrogens with one attached hydrogen (secondary N) is 1. The summed E-state index contributed by atoms with van der Waals surface area (Å²) in [7, 11) is 0. The highest BCUT2D eigenvalue weighted by Gasteiger charge is 2.33. The van der Waals surface area contributed by atoms with Gasteiger partial charge in [-0.05, 0) is 18.2 Å². The summed E-state index contributed by atoms with van der Waals surface area (Å²) < 4.78 is 0.272. The highest BCUT2D eigenvalue weighted by atomic mass is 35.5. The van der Waals surface area contributed by atoms with Gasteiger partial charge in [0.2, 0.25) is 0 Å². The van der Waals surface area contributed by atoms with Gasteiger partial charge >= 0.3 is 0 Å². The number of carbonyl (C=O) groups is 2. The van der Waals surface area contributed by atoms with Crippen LogP contribution < -0.4 is 5.48 Å². The van der Waals surface area contributed by atoms with Crippen molar-refractivity contribution in [1.29, 1.82) is 0 Å². The van der Waals surface area contributed by atoms with E-state index in [1.54, 1.807) is 24.3 Å². The molecule has 2 rings (SSSR count). The lowest BCUT2D eigenvalue weighted by atomic mass is 10.2. The summed E-state index contributed by atoms with van der Waals surface area (Å²) in [5.74, 6) is -0.884. The molecular weight excluding hydrogens is 391 g/mol. The molecule has 1 aromatic rings. The Hall–Kier alpha value is -1.38. The zero-order valence-electron chi connectivity index (χ0n) is 12.3. The van der Waals surface area contributed by atoms with Crippen LogP contribution in [0, 0.1) is 0 Å². The number of thiocarbonyl (C=S) groups is 1. The summed E-state index contributed by atoms with van der Waals surface area (Å²) in [5, 5.41) is 0.840. The molecule has 1 aliphatic heterocycles. The maximum Gasteiger partial charge on any atom is 0.266 e. The van der Waals surface area contributed by atoms with Crippen molar-refractivity contribution in [2.24, 2.45) is 0 Å². The number of rotatable bonds is 6. The Kier molecular flexibility index (Phi) is 6.82. The van der Waals surface area contributed by atoms with Crippen LogP contribution in [0.25, 0.3) is 6.08 Å². The lowest BCUT2D eigenvalue weighted by Gasteiger charge is -2.13. The Morgan fingerprint density at radius 3 is 2.71 bits per heavy atom. The quantitative estimate of drug-likeness (QED) is 0.259. The largest absolute Gasteiger partial charge is 0.283 e. The van der Waals surface area contributed by atoms with Crippen molar-refractivity contribution in [2.75, 3.05) is 13.2 Å². The zero-order chi connectivity index (χ0) is 17.7. The minimum Gasteiger partial charge on any atom is -0.283 e. The van der Waals surface area contributed by atoms with Gasteiger partial charge in [-0.15, -0.1) is 6.58 Å². The molecule has 9 heteroatoms. The molecule has 24 heavy (non-hydrogen) atoms. The average molecular weight is 403 g/mol. The van der Waals surface area contributed by atoms with Gasteiger partial charge in [-0.3, -0.25) is 19.3 Å². The van der Waals surface area contributed by atoms with Gasteiger partial charge in [-0.2, -0.15) is 0 Å². The SMILES string of the molecule is C=CCONC(=O)CN1C(=O)/C(=C/c2c(Cl)cccc2Cl)SC1=S. The molecule has 0 saturated carbocycles. The monoisotopic (exact) mass is 402 g/mol. The van der Waals surface area contributed by atoms with E-state index >= 15 is 0 Å². The van der Waals surface area contributed by atoms with Gasteiger partial charge in [0, 0.05) is 15.6 Å². The predicted molar refractivity (Wildman–Crippen MR) is 101 cm³/mol. The predicted octanol–water partition coefficient (Wildman–Crippen LogP) is 3.43. The van der Waals surface area contributed by atoms with Gasteiger partial charge in [0.15, 0.2) is 0 Å². The van der Waals surface area contributed by atoms with Crippen LogP contribution in [0.5, 0.6) is 0 Å². The van der Waals surface area contributed by atoms with E-state index in [-0.39, 0.29) is 23.4 Å². The first-order chi connectivity index (χ1) is 11.4. The van der Waals surface area contributed by atoms with Crippen molar-refractivity contribution in [2.45, 2.75) is 0 Å². The molecule has 1 N–H and O–H groups in total. The third kappa shape index (κ3) is 4.58. The van der Waals surface area contributed by atoms with E-state index in [0.29, 0.717) is 20.5 Å². The van der Waals surface area contributed by atoms with E-state index in [1.807, 2.05) is 0 Å². The highest BCUT2D eigenvalue weighted by molar-refractivity contribution is 8.26. The molecule has 0 aromatic heterocycles. The van der Waals surface area contributed by atoms with E-state index < -0.39 is 5.91 Å². The van der Waals surface area contributed by atoms with Crippen LogP contribution in [0.4, 0.5) is 0 Å². The third-order valence-corrected chi connectivity index (χ3v) is 4.87. The van der Waals surface area contributed by atoms with Crippen molar-refractivity contribution >= 4 is 69.4 Å². The molecule has 1 saturated heterocycles. The number of halogens is 2. The van der Waals surface area contributed by atoms with Gasteiger partial charge in [0.05, 0.1) is 11.5 Å². The molecule has 0 bridgehead atoms. The minimum absolute atomic E-state index is 0.162. The van der Waals surface area contributed by atoms with Crippen molar-refractivity contribution in [3.05, 3.63) is 51.4 Å². The molecule has 0 aliphatic carbocycles. The Balaban J connectivity index is 2.12. The summed E-state index contributed by atoms with van der Waals surface area (Å²) in [4.78, 5) is 30.5. The van der Waals surface area contributed by atoms with Crippen molar-refractivity contribution in [3.63, 3.8) is 0 Å². The molecule has 2 amide bonds. The van der Waals surface area contributed by atoms with E-state index in [9.17, 15) is 9.59 Å². The molecule has 1 aliphatic rings. The average Bonchev–Trinajstić information content (AvgIpc) is 2.79. The fourth-order valence-corrected chi connectivity index (χ4v) is 3.52. The summed E-state index contributed by atoms with van der Waals surface area (Å²) in [5.41, 5.74) is 2.73. The molecule has 0 spiro atoms. The number of thioether (sulfide) groups is 1. The topological polar surface area (TPSA) is 58.6 Å². The number of carbonyl (C=O) groups excluding carboxylic acids is 2. The maximum atomic E-state index is 12.4. The second kappa shape index (κ2) is 8.64. The number of hydrogen-bond donors (Lipinski definition) is 1. The van der Waals surface area contributed by atoms with Gasteiger partial charge in [-0.25, -0.2) is 5.48 Å². The molecule has 126 valence electrons. The van der Waals surface area contributed by atoms with Crippen LogP contribution >= 0.6 is 47.2 Å². The Morgan fingerprint density at radius 2 is 2.08 bits per heavy atom. The maximum absolute atomic E-state index is 12.4. The standard InChI is InChI=1S/C15H12Cl2N2O3S2/c1-2-6-22-18-13(20)8-19-14(21)12(24-15(19)23)7-9-10(16)4-3-5-11(9)17/h2-5,7H,1,6,8H2,(H,18,20)/b12-7-. The normalized spacial score (nSPS) is 15.9. The number of amides is 2. The van der Waals surface area contributed by atoms with E-state index in [4.69, 9.17) is 40.3 Å². The number of benzene rings is 1. The molecule has 1 heterocycles. The van der Waals surface area contributed by atoms with Gasteiger partial charge in [-0.1, -0.05) is 59.3 Å². The van der Waals surface area contributed by atoms with Gasteiger partial charge < -0.3 is 0 Å². The van der Waals surface area contributed by atoms with Gasteiger partial charge in [0.25, 0.3) is 11.8 Å². The van der Waals surface area contributed by atoms with E-state index in [1.165, 1.54) is 11.0 Å². The van der Waals surface area contributed by atoms with Gasteiger partial charge in [0.1, 0.15) is 10.9 Å². The molecular formula is C15H12Cl2N2O3S2.